The van der Waals surface area contributed by atoms with Gasteiger partial charge in [0.2, 0.25) is 5.62 Å². The third-order valence-electron chi connectivity index (χ3n) is 1.24. The molecule has 3 nitrogen and oxygen atoms in total. The van der Waals surface area contributed by atoms with Gasteiger partial charge in [0.1, 0.15) is 0 Å². The molecular weight excluding hydrogens is 247 g/mol. The molecule has 15 heavy (non-hydrogen) atoms. The minimum absolute atomic E-state index is 0.284. The Morgan fingerprint density at radius 3 is 2.47 bits per heavy atom. The lowest BCUT2D eigenvalue weighted by atomic mass is 10.4. The van der Waals surface area contributed by atoms with Crippen LogP contribution < -0.4 is 5.09 Å². The van der Waals surface area contributed by atoms with Crippen molar-refractivity contribution in [3.63, 3.8) is 0 Å². The monoisotopic (exact) mass is 268 g/mol. The first kappa shape index (κ1) is 15.4. The lowest BCUT2D eigenvalue weighted by Gasteiger charge is -2.22. The van der Waals surface area contributed by atoms with Crippen LogP contribution in [0.15, 0.2) is 4.99 Å². The van der Waals surface area contributed by atoms with Gasteiger partial charge in [-0.2, -0.15) is 0 Å². The van der Waals surface area contributed by atoms with Crippen LogP contribution in [0.3, 0.4) is 0 Å². The Morgan fingerprint density at radius 1 is 1.47 bits per heavy atom. The maximum absolute atomic E-state index is 5.61. The van der Waals surface area contributed by atoms with E-state index < -0.39 is 5.62 Å². The summed E-state index contributed by atoms with van der Waals surface area (Å²) in [5.41, 5.74) is -1.98. The molecule has 0 aliphatic carbocycles. The molecule has 0 aliphatic rings. The predicted octanol–water partition coefficient (Wildman–Crippen LogP) is 3.42. The van der Waals surface area contributed by atoms with Crippen molar-refractivity contribution in [3.8, 4) is 0 Å². The molecule has 1 unspecified atom stereocenters. The molecule has 0 spiro atoms. The summed E-state index contributed by atoms with van der Waals surface area (Å²) in [6, 6.07) is 0.284. The average Bonchev–Trinajstić information content (AvgIpc) is 2.01. The van der Waals surface area contributed by atoms with Crippen molar-refractivity contribution in [2.24, 2.45) is 4.99 Å². The van der Waals surface area contributed by atoms with Gasteiger partial charge >= 0.3 is 0 Å². The van der Waals surface area contributed by atoms with E-state index in [4.69, 9.17) is 16.3 Å². The summed E-state index contributed by atoms with van der Waals surface area (Å²) in [6.07, 6.45) is 1.69. The Hall–Kier alpha value is 0.430. The van der Waals surface area contributed by atoms with E-state index >= 15 is 0 Å². The second kappa shape index (κ2) is 7.66. The van der Waals surface area contributed by atoms with E-state index in [1.54, 1.807) is 17.7 Å². The standard InChI is InChI=1S/C9H21N2OPS2/c1-6-12-13(14,15-9(4)5)11-7-10-8(2)3/h7-9H,6H2,1-5H3,(H,10,11,14). The lowest BCUT2D eigenvalue weighted by molar-refractivity contribution is 0.383. The van der Waals surface area contributed by atoms with Gasteiger partial charge in [-0.3, -0.25) is 4.99 Å². The van der Waals surface area contributed by atoms with Crippen LogP contribution >= 0.6 is 17.0 Å². The quantitative estimate of drug-likeness (QED) is 0.436. The summed E-state index contributed by atoms with van der Waals surface area (Å²) in [6.45, 7) is 10.9. The number of hydrogen-bond acceptors (Lipinski definition) is 4. The molecule has 0 aromatic rings. The molecule has 1 N–H and O–H groups in total. The van der Waals surface area contributed by atoms with Crippen molar-refractivity contribution in [1.82, 2.24) is 5.09 Å². The van der Waals surface area contributed by atoms with Crippen LogP contribution in [0.5, 0.6) is 0 Å². The molecular formula is C9H21N2OPS2. The van der Waals surface area contributed by atoms with E-state index in [9.17, 15) is 0 Å². The number of rotatable bonds is 7. The smallest absolute Gasteiger partial charge is 0.211 e. The maximum atomic E-state index is 5.61. The van der Waals surface area contributed by atoms with Gasteiger partial charge in [-0.25, -0.2) is 0 Å². The van der Waals surface area contributed by atoms with Crippen LogP contribution in [-0.4, -0.2) is 24.2 Å². The van der Waals surface area contributed by atoms with Crippen molar-refractivity contribution >= 4 is 35.1 Å². The van der Waals surface area contributed by atoms with Gasteiger partial charge < -0.3 is 9.61 Å². The molecule has 0 aliphatic heterocycles. The predicted molar refractivity (Wildman–Crippen MR) is 75.4 cm³/mol. The van der Waals surface area contributed by atoms with E-state index in [1.165, 1.54) is 0 Å². The second-order valence-electron chi connectivity index (χ2n) is 3.57. The number of nitrogens with zero attached hydrogens (tertiary/aromatic N) is 1. The molecule has 0 bridgehead atoms. The summed E-state index contributed by atoms with van der Waals surface area (Å²) in [5, 5.41) is 3.60. The minimum atomic E-state index is -1.98. The van der Waals surface area contributed by atoms with Crippen LogP contribution in [0.2, 0.25) is 0 Å². The molecule has 6 heteroatoms. The topological polar surface area (TPSA) is 33.6 Å². The fraction of sp³-hybridized carbons (Fsp3) is 0.889. The number of nitrogens with one attached hydrogen (secondary N) is 1. The fourth-order valence-electron chi connectivity index (χ4n) is 0.799. The van der Waals surface area contributed by atoms with Crippen molar-refractivity contribution in [1.29, 1.82) is 0 Å². The number of hydrogen-bond donors (Lipinski definition) is 1. The molecule has 90 valence electrons. The van der Waals surface area contributed by atoms with Gasteiger partial charge in [-0.1, -0.05) is 25.2 Å². The third-order valence-corrected chi connectivity index (χ3v) is 7.10. The first-order valence-corrected chi connectivity index (χ1v) is 9.32. The van der Waals surface area contributed by atoms with E-state index in [0.717, 1.165) is 0 Å². The molecule has 0 saturated heterocycles. The Labute approximate surface area is 102 Å². The summed E-state index contributed by atoms with van der Waals surface area (Å²) in [4.78, 5) is 4.23. The highest BCUT2D eigenvalue weighted by molar-refractivity contribution is 8.69. The van der Waals surface area contributed by atoms with E-state index in [1.807, 2.05) is 20.8 Å². The van der Waals surface area contributed by atoms with E-state index in [0.29, 0.717) is 11.9 Å². The maximum Gasteiger partial charge on any atom is 0.211 e. The van der Waals surface area contributed by atoms with Crippen molar-refractivity contribution in [3.05, 3.63) is 0 Å². The van der Waals surface area contributed by atoms with Crippen molar-refractivity contribution < 1.29 is 4.52 Å². The van der Waals surface area contributed by atoms with Gasteiger partial charge in [0, 0.05) is 11.3 Å². The van der Waals surface area contributed by atoms with Crippen LogP contribution in [0, 0.1) is 0 Å². The van der Waals surface area contributed by atoms with Gasteiger partial charge in [-0.05, 0) is 32.6 Å². The molecule has 0 fully saturated rings. The first-order valence-electron chi connectivity index (χ1n) is 5.12. The highest BCUT2D eigenvalue weighted by Crippen LogP contribution is 2.57. The van der Waals surface area contributed by atoms with Gasteiger partial charge in [-0.15, -0.1) is 0 Å². The fourth-order valence-corrected chi connectivity index (χ4v) is 6.59. The van der Waals surface area contributed by atoms with Gasteiger partial charge in [0.25, 0.3) is 0 Å². The zero-order chi connectivity index (χ0) is 11.9. The van der Waals surface area contributed by atoms with Crippen molar-refractivity contribution in [2.75, 3.05) is 6.61 Å². The minimum Gasteiger partial charge on any atom is -0.327 e. The van der Waals surface area contributed by atoms with Crippen LogP contribution in [-0.2, 0) is 16.3 Å². The Bertz CT molecular complexity index is 244. The highest BCUT2D eigenvalue weighted by Gasteiger charge is 2.18. The molecule has 0 radical (unpaired) electrons. The van der Waals surface area contributed by atoms with Gasteiger partial charge in [0.15, 0.2) is 0 Å². The molecule has 0 saturated carbocycles. The summed E-state index contributed by atoms with van der Waals surface area (Å²) in [7, 11) is 0. The van der Waals surface area contributed by atoms with Crippen LogP contribution in [0.25, 0.3) is 0 Å². The Kier molecular flexibility index (Phi) is 7.88. The lowest BCUT2D eigenvalue weighted by Crippen LogP contribution is -2.10. The van der Waals surface area contributed by atoms with Crippen LogP contribution in [0.1, 0.15) is 34.6 Å². The Morgan fingerprint density at radius 2 is 2.07 bits per heavy atom. The Balaban J connectivity index is 4.31. The third kappa shape index (κ3) is 8.26. The van der Waals surface area contributed by atoms with Gasteiger partial charge in [0.05, 0.1) is 12.9 Å². The molecule has 0 amide bonds. The van der Waals surface area contributed by atoms with Crippen molar-refractivity contribution in [2.45, 2.75) is 45.9 Å². The number of aliphatic imine (C=N–C) groups is 1. The molecule has 1 atom stereocenters. The molecule has 0 rings (SSSR count). The summed E-state index contributed by atoms with van der Waals surface area (Å²) >= 11 is 7.16. The largest absolute Gasteiger partial charge is 0.327 e. The molecule has 0 heterocycles. The SMILES string of the molecule is CCOP(=S)(NC=NC(C)C)SC(C)C. The second-order valence-corrected chi connectivity index (χ2v) is 10.6. The summed E-state index contributed by atoms with van der Waals surface area (Å²) < 4.78 is 5.61. The van der Waals surface area contributed by atoms with E-state index in [-0.39, 0.29) is 6.04 Å². The molecule has 0 aromatic heterocycles. The zero-order valence-corrected chi connectivity index (χ0v) is 12.6. The van der Waals surface area contributed by atoms with E-state index in [2.05, 4.69) is 23.9 Å². The highest BCUT2D eigenvalue weighted by atomic mass is 32.9. The summed E-state index contributed by atoms with van der Waals surface area (Å²) in [5.74, 6) is 0. The molecule has 0 aromatic carbocycles. The normalized spacial score (nSPS) is 16.2. The average molecular weight is 268 g/mol. The zero-order valence-electron chi connectivity index (χ0n) is 10.1. The first-order chi connectivity index (χ1) is 6.89. The van der Waals surface area contributed by atoms with Crippen LogP contribution in [0.4, 0.5) is 0 Å².